The predicted octanol–water partition coefficient (Wildman–Crippen LogP) is 3.51. The summed E-state index contributed by atoms with van der Waals surface area (Å²) in [5.41, 5.74) is 2.12. The Morgan fingerprint density at radius 2 is 2.12 bits per heavy atom. The fraction of sp³-hybridized carbons (Fsp3) is 0.571. The lowest BCUT2D eigenvalue weighted by Crippen LogP contribution is -2.04. The fourth-order valence-corrected chi connectivity index (χ4v) is 1.55. The van der Waals surface area contributed by atoms with Gasteiger partial charge in [0.15, 0.2) is 0 Å². The first-order valence-electron chi connectivity index (χ1n) is 6.10. The summed E-state index contributed by atoms with van der Waals surface area (Å²) >= 11 is 0. The molecule has 16 heavy (non-hydrogen) atoms. The number of ketones is 1. The standard InChI is InChI=1S/C14H21NO/c1-4-5-6-14(16)9-13-8-7-12(10-15-13)11(2)3/h7-8,10-11H,4-6,9H2,1-3H3. The van der Waals surface area contributed by atoms with Gasteiger partial charge in [0, 0.05) is 24.7 Å². The molecule has 0 saturated carbocycles. The summed E-state index contributed by atoms with van der Waals surface area (Å²) in [5, 5.41) is 0. The molecule has 2 heteroatoms. The van der Waals surface area contributed by atoms with E-state index < -0.39 is 0 Å². The van der Waals surface area contributed by atoms with Crippen LogP contribution in [0.5, 0.6) is 0 Å². The van der Waals surface area contributed by atoms with Crippen LogP contribution in [0.3, 0.4) is 0 Å². The van der Waals surface area contributed by atoms with Gasteiger partial charge in [-0.25, -0.2) is 0 Å². The Labute approximate surface area is 98.1 Å². The van der Waals surface area contributed by atoms with E-state index in [0.717, 1.165) is 18.5 Å². The molecule has 1 aromatic rings. The number of nitrogens with zero attached hydrogens (tertiary/aromatic N) is 1. The third-order valence-electron chi connectivity index (χ3n) is 2.70. The van der Waals surface area contributed by atoms with E-state index in [1.807, 2.05) is 12.3 Å². The van der Waals surface area contributed by atoms with E-state index in [2.05, 4.69) is 31.8 Å². The van der Waals surface area contributed by atoms with Crippen molar-refractivity contribution in [2.24, 2.45) is 0 Å². The summed E-state index contributed by atoms with van der Waals surface area (Å²) in [6.07, 6.45) is 5.12. The van der Waals surface area contributed by atoms with Crippen molar-refractivity contribution in [3.8, 4) is 0 Å². The predicted molar refractivity (Wildman–Crippen MR) is 66.6 cm³/mol. The van der Waals surface area contributed by atoms with E-state index in [1.165, 1.54) is 5.56 Å². The number of carbonyl (C=O) groups excluding carboxylic acids is 1. The third kappa shape index (κ3) is 4.13. The molecule has 1 heterocycles. The molecule has 0 atom stereocenters. The Morgan fingerprint density at radius 3 is 2.62 bits per heavy atom. The Bertz CT molecular complexity index is 327. The fourth-order valence-electron chi connectivity index (χ4n) is 1.55. The lowest BCUT2D eigenvalue weighted by molar-refractivity contribution is -0.118. The summed E-state index contributed by atoms with van der Waals surface area (Å²) in [6.45, 7) is 6.38. The molecule has 0 N–H and O–H groups in total. The van der Waals surface area contributed by atoms with Gasteiger partial charge in [0.1, 0.15) is 5.78 Å². The lowest BCUT2D eigenvalue weighted by Gasteiger charge is -2.05. The van der Waals surface area contributed by atoms with Crippen molar-refractivity contribution in [2.45, 2.75) is 52.4 Å². The molecule has 2 nitrogen and oxygen atoms in total. The molecule has 0 fully saturated rings. The molecule has 0 aliphatic rings. The number of carbonyl (C=O) groups is 1. The van der Waals surface area contributed by atoms with Crippen LogP contribution in [0.4, 0.5) is 0 Å². The SMILES string of the molecule is CCCCC(=O)Cc1ccc(C(C)C)cn1. The molecule has 0 aliphatic heterocycles. The van der Waals surface area contributed by atoms with Crippen molar-refractivity contribution < 1.29 is 4.79 Å². The molecule has 0 bridgehead atoms. The number of hydrogen-bond acceptors (Lipinski definition) is 2. The molecule has 88 valence electrons. The van der Waals surface area contributed by atoms with E-state index in [4.69, 9.17) is 0 Å². The normalized spacial score (nSPS) is 10.8. The van der Waals surface area contributed by atoms with Gasteiger partial charge < -0.3 is 0 Å². The zero-order chi connectivity index (χ0) is 12.0. The molecular weight excluding hydrogens is 198 g/mol. The zero-order valence-electron chi connectivity index (χ0n) is 10.5. The van der Waals surface area contributed by atoms with Gasteiger partial charge in [-0.3, -0.25) is 9.78 Å². The first kappa shape index (κ1) is 12.9. The minimum Gasteiger partial charge on any atom is -0.299 e. The van der Waals surface area contributed by atoms with Gasteiger partial charge in [-0.2, -0.15) is 0 Å². The number of Topliss-reactive ketones (excluding diaryl/α,β-unsaturated/α-hetero) is 1. The average molecular weight is 219 g/mol. The molecule has 1 aromatic heterocycles. The number of pyridine rings is 1. The van der Waals surface area contributed by atoms with Gasteiger partial charge in [-0.05, 0) is 24.0 Å². The van der Waals surface area contributed by atoms with Crippen LogP contribution in [0.25, 0.3) is 0 Å². The van der Waals surface area contributed by atoms with Gasteiger partial charge >= 0.3 is 0 Å². The van der Waals surface area contributed by atoms with Gasteiger partial charge in [0.05, 0.1) is 0 Å². The van der Waals surface area contributed by atoms with Crippen LogP contribution in [0.2, 0.25) is 0 Å². The summed E-state index contributed by atoms with van der Waals surface area (Å²) in [7, 11) is 0. The van der Waals surface area contributed by atoms with E-state index >= 15 is 0 Å². The van der Waals surface area contributed by atoms with Crippen molar-refractivity contribution in [3.63, 3.8) is 0 Å². The number of aromatic nitrogens is 1. The van der Waals surface area contributed by atoms with Crippen LogP contribution in [0, 0.1) is 0 Å². The summed E-state index contributed by atoms with van der Waals surface area (Å²) in [6, 6.07) is 4.04. The second-order valence-electron chi connectivity index (χ2n) is 4.56. The Hall–Kier alpha value is -1.18. The second kappa shape index (κ2) is 6.41. The maximum Gasteiger partial charge on any atom is 0.138 e. The average Bonchev–Trinajstić information content (AvgIpc) is 2.27. The molecule has 0 amide bonds. The maximum absolute atomic E-state index is 11.6. The van der Waals surface area contributed by atoms with Crippen molar-refractivity contribution in [3.05, 3.63) is 29.6 Å². The smallest absolute Gasteiger partial charge is 0.138 e. The molecule has 1 rings (SSSR count). The van der Waals surface area contributed by atoms with Crippen molar-refractivity contribution in [2.75, 3.05) is 0 Å². The largest absolute Gasteiger partial charge is 0.299 e. The van der Waals surface area contributed by atoms with Gasteiger partial charge in [-0.15, -0.1) is 0 Å². The van der Waals surface area contributed by atoms with Gasteiger partial charge in [0.25, 0.3) is 0 Å². The zero-order valence-corrected chi connectivity index (χ0v) is 10.5. The highest BCUT2D eigenvalue weighted by atomic mass is 16.1. The van der Waals surface area contributed by atoms with Crippen LogP contribution in [0.15, 0.2) is 18.3 Å². The summed E-state index contributed by atoms with van der Waals surface area (Å²) < 4.78 is 0. The number of rotatable bonds is 6. The molecular formula is C14H21NO. The van der Waals surface area contributed by atoms with Crippen LogP contribution in [0.1, 0.15) is 57.2 Å². The van der Waals surface area contributed by atoms with E-state index in [9.17, 15) is 4.79 Å². The van der Waals surface area contributed by atoms with Crippen molar-refractivity contribution in [1.82, 2.24) is 4.98 Å². The molecule has 0 aliphatic carbocycles. The van der Waals surface area contributed by atoms with Crippen LogP contribution in [-0.2, 0) is 11.2 Å². The van der Waals surface area contributed by atoms with Crippen LogP contribution >= 0.6 is 0 Å². The van der Waals surface area contributed by atoms with Crippen molar-refractivity contribution in [1.29, 1.82) is 0 Å². The topological polar surface area (TPSA) is 30.0 Å². The van der Waals surface area contributed by atoms with E-state index in [1.54, 1.807) is 0 Å². The van der Waals surface area contributed by atoms with Crippen LogP contribution < -0.4 is 0 Å². The van der Waals surface area contributed by atoms with E-state index in [0.29, 0.717) is 24.5 Å². The monoisotopic (exact) mass is 219 g/mol. The molecule has 0 saturated heterocycles. The minimum absolute atomic E-state index is 0.298. The molecule has 0 spiro atoms. The lowest BCUT2D eigenvalue weighted by atomic mass is 10.0. The highest BCUT2D eigenvalue weighted by Crippen LogP contribution is 2.13. The third-order valence-corrected chi connectivity index (χ3v) is 2.70. The number of hydrogen-bond donors (Lipinski definition) is 0. The molecule has 0 aromatic carbocycles. The highest BCUT2D eigenvalue weighted by Gasteiger charge is 2.05. The Kier molecular flexibility index (Phi) is 5.17. The Morgan fingerprint density at radius 1 is 1.38 bits per heavy atom. The second-order valence-corrected chi connectivity index (χ2v) is 4.56. The summed E-state index contributed by atoms with van der Waals surface area (Å²) in [5.74, 6) is 0.795. The van der Waals surface area contributed by atoms with Gasteiger partial charge in [0.2, 0.25) is 0 Å². The first-order chi connectivity index (χ1) is 7.63. The number of unbranched alkanes of at least 4 members (excludes halogenated alkanes) is 1. The van der Waals surface area contributed by atoms with Crippen LogP contribution in [-0.4, -0.2) is 10.8 Å². The summed E-state index contributed by atoms with van der Waals surface area (Å²) in [4.78, 5) is 15.9. The molecule has 0 radical (unpaired) electrons. The highest BCUT2D eigenvalue weighted by molar-refractivity contribution is 5.80. The quantitative estimate of drug-likeness (QED) is 0.733. The Balaban J connectivity index is 2.51. The maximum atomic E-state index is 11.6. The molecule has 0 unspecified atom stereocenters. The van der Waals surface area contributed by atoms with Gasteiger partial charge in [-0.1, -0.05) is 33.3 Å². The van der Waals surface area contributed by atoms with Crippen molar-refractivity contribution >= 4 is 5.78 Å². The first-order valence-corrected chi connectivity index (χ1v) is 6.10. The minimum atomic E-state index is 0.298. The van der Waals surface area contributed by atoms with E-state index in [-0.39, 0.29) is 0 Å².